The summed E-state index contributed by atoms with van der Waals surface area (Å²) in [7, 11) is 0.530. The molecule has 0 heterocycles. The molecule has 0 saturated carbocycles. The molecular formula is C11H14N2OS. The molecule has 1 unspecified atom stereocenters. The summed E-state index contributed by atoms with van der Waals surface area (Å²) in [4.78, 5) is 0.765. The van der Waals surface area contributed by atoms with Gasteiger partial charge in [-0.05, 0) is 37.7 Å². The Labute approximate surface area is 92.9 Å². The van der Waals surface area contributed by atoms with E-state index in [0.717, 1.165) is 16.1 Å². The second-order valence-corrected chi connectivity index (χ2v) is 4.42. The van der Waals surface area contributed by atoms with Gasteiger partial charge in [0.25, 0.3) is 0 Å². The molecule has 0 aliphatic carbocycles. The molecule has 0 aliphatic heterocycles. The molecule has 1 aromatic rings. The van der Waals surface area contributed by atoms with Gasteiger partial charge in [0.15, 0.2) is 0 Å². The third-order valence-electron chi connectivity index (χ3n) is 1.98. The van der Waals surface area contributed by atoms with Gasteiger partial charge in [-0.15, -0.1) is 6.42 Å². The van der Waals surface area contributed by atoms with Gasteiger partial charge in [0.2, 0.25) is 0 Å². The highest BCUT2D eigenvalue weighted by molar-refractivity contribution is 7.83. The number of hydrogen-bond acceptors (Lipinski definition) is 2. The maximum absolute atomic E-state index is 11.4. The van der Waals surface area contributed by atoms with Crippen LogP contribution in [0.25, 0.3) is 0 Å². The maximum Gasteiger partial charge on any atom is 0.124 e. The van der Waals surface area contributed by atoms with Gasteiger partial charge in [0.1, 0.15) is 11.0 Å². The van der Waals surface area contributed by atoms with Crippen LogP contribution < -0.4 is 10.0 Å². The summed E-state index contributed by atoms with van der Waals surface area (Å²) in [6.45, 7) is 2.45. The van der Waals surface area contributed by atoms with Gasteiger partial charge >= 0.3 is 0 Å². The summed E-state index contributed by atoms with van der Waals surface area (Å²) in [5.41, 5.74) is 2.01. The molecule has 0 spiro atoms. The van der Waals surface area contributed by atoms with Crippen LogP contribution in [0.4, 0.5) is 5.69 Å². The van der Waals surface area contributed by atoms with Crippen molar-refractivity contribution < 1.29 is 4.21 Å². The first-order valence-electron chi connectivity index (χ1n) is 4.56. The number of rotatable bonds is 4. The van der Waals surface area contributed by atoms with Crippen molar-refractivity contribution in [1.82, 2.24) is 4.72 Å². The fourth-order valence-electron chi connectivity index (χ4n) is 1.21. The van der Waals surface area contributed by atoms with E-state index in [1.807, 2.05) is 25.1 Å². The highest BCUT2D eigenvalue weighted by Crippen LogP contribution is 2.17. The average Bonchev–Trinajstić information content (AvgIpc) is 2.26. The zero-order chi connectivity index (χ0) is 11.3. The smallest absolute Gasteiger partial charge is 0.124 e. The highest BCUT2D eigenvalue weighted by atomic mass is 32.2. The molecule has 2 N–H and O–H groups in total. The van der Waals surface area contributed by atoms with Crippen LogP contribution in [-0.2, 0) is 11.0 Å². The van der Waals surface area contributed by atoms with E-state index in [9.17, 15) is 4.21 Å². The van der Waals surface area contributed by atoms with Crippen molar-refractivity contribution >= 4 is 16.7 Å². The minimum Gasteiger partial charge on any atom is -0.374 e. The normalized spacial score (nSPS) is 11.8. The molecule has 0 aromatic heterocycles. The Morgan fingerprint density at radius 3 is 2.80 bits per heavy atom. The first-order valence-corrected chi connectivity index (χ1v) is 5.71. The molecule has 0 bridgehead atoms. The molecule has 80 valence electrons. The summed E-state index contributed by atoms with van der Waals surface area (Å²) >= 11 is 0. The Balaban J connectivity index is 2.89. The molecule has 3 nitrogen and oxygen atoms in total. The summed E-state index contributed by atoms with van der Waals surface area (Å²) in [6.07, 6.45) is 5.15. The fourth-order valence-corrected chi connectivity index (χ4v) is 1.93. The molecule has 1 aromatic carbocycles. The largest absolute Gasteiger partial charge is 0.374 e. The highest BCUT2D eigenvalue weighted by Gasteiger charge is 2.03. The molecule has 1 rings (SSSR count). The van der Waals surface area contributed by atoms with Crippen molar-refractivity contribution in [3.05, 3.63) is 23.8 Å². The lowest BCUT2D eigenvalue weighted by atomic mass is 10.2. The number of nitrogens with one attached hydrogen (secondary N) is 2. The Morgan fingerprint density at radius 2 is 2.27 bits per heavy atom. The van der Waals surface area contributed by atoms with Gasteiger partial charge in [-0.25, -0.2) is 8.93 Å². The lowest BCUT2D eigenvalue weighted by molar-refractivity contribution is 0.678. The van der Waals surface area contributed by atoms with Crippen LogP contribution in [0.3, 0.4) is 0 Å². The number of terminal acetylenes is 1. The van der Waals surface area contributed by atoms with E-state index in [0.29, 0.717) is 6.54 Å². The minimum absolute atomic E-state index is 0.495. The minimum atomic E-state index is -1.13. The molecule has 0 fully saturated rings. The van der Waals surface area contributed by atoms with Crippen molar-refractivity contribution in [2.75, 3.05) is 18.9 Å². The third kappa shape index (κ3) is 3.08. The fraction of sp³-hybridized carbons (Fsp3) is 0.273. The van der Waals surface area contributed by atoms with Gasteiger partial charge in [0.05, 0.1) is 11.4 Å². The molecule has 1 atom stereocenters. The third-order valence-corrected chi connectivity index (χ3v) is 3.03. The summed E-state index contributed by atoms with van der Waals surface area (Å²) in [6, 6.07) is 5.58. The Bertz CT molecular complexity index is 410. The average molecular weight is 222 g/mol. The van der Waals surface area contributed by atoms with Crippen molar-refractivity contribution in [2.24, 2.45) is 0 Å². The van der Waals surface area contributed by atoms with Gasteiger partial charge in [-0.1, -0.05) is 5.92 Å². The second kappa shape index (κ2) is 5.54. The quantitative estimate of drug-likeness (QED) is 0.754. The van der Waals surface area contributed by atoms with E-state index in [4.69, 9.17) is 6.42 Å². The topological polar surface area (TPSA) is 41.1 Å². The molecule has 4 heteroatoms. The van der Waals surface area contributed by atoms with Gasteiger partial charge < -0.3 is 5.32 Å². The molecule has 0 aliphatic rings. The molecule has 0 amide bonds. The van der Waals surface area contributed by atoms with E-state index in [1.54, 1.807) is 7.05 Å². The Kier molecular flexibility index (Phi) is 4.35. The van der Waals surface area contributed by atoms with Crippen molar-refractivity contribution in [3.63, 3.8) is 0 Å². The second-order valence-electron chi connectivity index (χ2n) is 3.01. The van der Waals surface area contributed by atoms with Gasteiger partial charge in [-0.3, -0.25) is 0 Å². The number of benzene rings is 1. The van der Waals surface area contributed by atoms with Crippen LogP contribution in [0.5, 0.6) is 0 Å². The Hall–Kier alpha value is -1.31. The summed E-state index contributed by atoms with van der Waals surface area (Å²) < 4.78 is 14.1. The number of anilines is 1. The maximum atomic E-state index is 11.4. The molecule has 0 saturated heterocycles. The van der Waals surface area contributed by atoms with Crippen LogP contribution in [-0.4, -0.2) is 17.8 Å². The predicted octanol–water partition coefficient (Wildman–Crippen LogP) is 1.28. The van der Waals surface area contributed by atoms with Crippen LogP contribution in [0.1, 0.15) is 5.56 Å². The summed E-state index contributed by atoms with van der Waals surface area (Å²) in [5.74, 6) is 2.51. The molecule has 15 heavy (non-hydrogen) atoms. The molecule has 0 radical (unpaired) electrons. The zero-order valence-electron chi connectivity index (χ0n) is 8.83. The van der Waals surface area contributed by atoms with Crippen molar-refractivity contribution in [2.45, 2.75) is 11.8 Å². The van der Waals surface area contributed by atoms with E-state index in [1.165, 1.54) is 0 Å². The standard InChI is InChI=1S/C11H14N2OS/c1-4-7-13-11-6-5-10(8-9(11)2)15(14)12-3/h1,5-6,8,12-13H,7H2,2-3H3. The van der Waals surface area contributed by atoms with Gasteiger partial charge in [-0.2, -0.15) is 0 Å². The van der Waals surface area contributed by atoms with Crippen LogP contribution in [0.15, 0.2) is 23.1 Å². The van der Waals surface area contributed by atoms with Crippen molar-refractivity contribution in [1.29, 1.82) is 0 Å². The monoisotopic (exact) mass is 222 g/mol. The lowest BCUT2D eigenvalue weighted by Gasteiger charge is -2.08. The van der Waals surface area contributed by atoms with E-state index in [2.05, 4.69) is 16.0 Å². The SMILES string of the molecule is C#CCNc1ccc(S(=O)NC)cc1C. The van der Waals surface area contributed by atoms with Crippen molar-refractivity contribution in [3.8, 4) is 12.3 Å². The number of hydrogen-bond donors (Lipinski definition) is 2. The van der Waals surface area contributed by atoms with E-state index < -0.39 is 11.0 Å². The predicted molar refractivity (Wildman–Crippen MR) is 64.0 cm³/mol. The van der Waals surface area contributed by atoms with Gasteiger partial charge in [0, 0.05) is 5.69 Å². The Morgan fingerprint density at radius 1 is 1.53 bits per heavy atom. The van der Waals surface area contributed by atoms with Crippen LogP contribution >= 0.6 is 0 Å². The van der Waals surface area contributed by atoms with E-state index >= 15 is 0 Å². The van der Waals surface area contributed by atoms with Crippen LogP contribution in [0, 0.1) is 19.3 Å². The summed E-state index contributed by atoms with van der Waals surface area (Å²) in [5, 5.41) is 3.09. The van der Waals surface area contributed by atoms with E-state index in [-0.39, 0.29) is 0 Å². The van der Waals surface area contributed by atoms with Crippen LogP contribution in [0.2, 0.25) is 0 Å². The first-order chi connectivity index (χ1) is 7.19. The number of aryl methyl sites for hydroxylation is 1. The molecular weight excluding hydrogens is 208 g/mol. The zero-order valence-corrected chi connectivity index (χ0v) is 9.65. The first kappa shape index (κ1) is 11.8. The lowest BCUT2D eigenvalue weighted by Crippen LogP contribution is -2.11.